The third kappa shape index (κ3) is 5.72. The molecule has 4 aliphatic carbocycles. The Morgan fingerprint density at radius 3 is 2.18 bits per heavy atom. The molecule has 214 valence electrons. The summed E-state index contributed by atoms with van der Waals surface area (Å²) in [6.07, 6.45) is 20.6. The number of ether oxygens (including phenoxy) is 1. The van der Waals surface area contributed by atoms with Crippen LogP contribution in [0.3, 0.4) is 0 Å². The topological polar surface area (TPSA) is 63.6 Å². The molecule has 0 aromatic heterocycles. The number of hydrogen-bond acceptors (Lipinski definition) is 4. The molecule has 4 nitrogen and oxygen atoms in total. The molecule has 2 unspecified atom stereocenters. The van der Waals surface area contributed by atoms with E-state index in [0.717, 1.165) is 30.4 Å². The largest absolute Gasteiger partial charge is 0.458 e. The number of carbonyl (C=O) groups is 2. The van der Waals surface area contributed by atoms with Crippen LogP contribution >= 0.6 is 0 Å². The van der Waals surface area contributed by atoms with Crippen molar-refractivity contribution in [2.75, 3.05) is 6.61 Å². The highest BCUT2D eigenvalue weighted by Gasteiger charge is 2.79. The zero-order valence-electron chi connectivity index (χ0n) is 24.9. The predicted molar refractivity (Wildman–Crippen MR) is 153 cm³/mol. The maximum Gasteiger partial charge on any atom is 0.306 e. The van der Waals surface area contributed by atoms with E-state index in [9.17, 15) is 14.7 Å². The van der Waals surface area contributed by atoms with Gasteiger partial charge in [-0.1, -0.05) is 104 Å². The summed E-state index contributed by atoms with van der Waals surface area (Å²) in [5, 5.41) is 10.1. The SMILES string of the molecule is CCCCCCCCCCCCCC(=O)O[C@@]12C[C@@H](C)[C@@H]3C4C=C(C)C(=O)C4CC(CO)=C[C@H]3[C@H]1C2(C)C. The molecule has 1 N–H and O–H groups in total. The van der Waals surface area contributed by atoms with Crippen LogP contribution in [-0.2, 0) is 14.3 Å². The number of hydrogen-bond donors (Lipinski definition) is 1. The number of unbranched alkanes of at least 4 members (excludes halogenated alkanes) is 10. The fourth-order valence-electron chi connectivity index (χ4n) is 8.82. The van der Waals surface area contributed by atoms with Gasteiger partial charge in [0, 0.05) is 23.7 Å². The van der Waals surface area contributed by atoms with Gasteiger partial charge in [-0.05, 0) is 61.0 Å². The van der Waals surface area contributed by atoms with E-state index in [4.69, 9.17) is 4.74 Å². The van der Waals surface area contributed by atoms with E-state index in [1.54, 1.807) is 0 Å². The van der Waals surface area contributed by atoms with Crippen LogP contribution in [0.2, 0.25) is 0 Å². The van der Waals surface area contributed by atoms with Crippen LogP contribution in [0, 0.1) is 40.9 Å². The van der Waals surface area contributed by atoms with Gasteiger partial charge in [-0.25, -0.2) is 0 Å². The van der Waals surface area contributed by atoms with Gasteiger partial charge >= 0.3 is 5.97 Å². The fourth-order valence-corrected chi connectivity index (χ4v) is 8.82. The number of Topliss-reactive ketones (excluding diaryl/α,β-unsaturated/α-hetero) is 1. The van der Waals surface area contributed by atoms with Crippen molar-refractivity contribution < 1.29 is 19.4 Å². The summed E-state index contributed by atoms with van der Waals surface area (Å²) in [7, 11) is 0. The average Bonchev–Trinajstić information content (AvgIpc) is 3.29. The second kappa shape index (κ2) is 12.4. The zero-order chi connectivity index (χ0) is 27.5. The molecule has 0 heterocycles. The number of carbonyl (C=O) groups excluding carboxylic acids is 2. The van der Waals surface area contributed by atoms with Crippen LogP contribution in [-0.4, -0.2) is 29.1 Å². The summed E-state index contributed by atoms with van der Waals surface area (Å²) in [4.78, 5) is 26.0. The van der Waals surface area contributed by atoms with Gasteiger partial charge in [0.1, 0.15) is 5.60 Å². The number of ketones is 1. The molecule has 0 aliphatic heterocycles. The maximum atomic E-state index is 13.1. The molecule has 7 atom stereocenters. The molecule has 0 radical (unpaired) electrons. The van der Waals surface area contributed by atoms with E-state index in [1.807, 2.05) is 6.92 Å². The van der Waals surface area contributed by atoms with Gasteiger partial charge in [0.05, 0.1) is 6.61 Å². The minimum absolute atomic E-state index is 0.00589. The average molecular weight is 527 g/mol. The molecule has 0 spiro atoms. The van der Waals surface area contributed by atoms with Gasteiger partial charge in [0.2, 0.25) is 0 Å². The van der Waals surface area contributed by atoms with E-state index in [1.165, 1.54) is 57.8 Å². The molecule has 4 heteroatoms. The quantitative estimate of drug-likeness (QED) is 0.142. The van der Waals surface area contributed by atoms with Crippen molar-refractivity contribution in [3.63, 3.8) is 0 Å². The van der Waals surface area contributed by atoms with Crippen molar-refractivity contribution in [2.24, 2.45) is 40.9 Å². The zero-order valence-corrected chi connectivity index (χ0v) is 24.9. The standard InChI is InChI=1S/C34H54O4/c1-6-7-8-9-10-11-12-13-14-15-16-17-29(36)38-34-21-24(3)30-26-18-23(2)31(37)27(26)19-25(22-35)20-28(30)32(34)33(34,4)5/h18,20,24,26-28,30,32,35H,6-17,19,21-22H2,1-5H3/t24-,26?,27?,28-,30-,32+,34+/m1/s1. The van der Waals surface area contributed by atoms with Crippen LogP contribution in [0.25, 0.3) is 0 Å². The van der Waals surface area contributed by atoms with E-state index in [0.29, 0.717) is 24.7 Å². The molecular formula is C34H54O4. The summed E-state index contributed by atoms with van der Waals surface area (Å²) in [5.41, 5.74) is 1.37. The lowest BCUT2D eigenvalue weighted by atomic mass is 9.64. The summed E-state index contributed by atoms with van der Waals surface area (Å²) >= 11 is 0. The van der Waals surface area contributed by atoms with Crippen molar-refractivity contribution in [1.82, 2.24) is 0 Å². The molecule has 38 heavy (non-hydrogen) atoms. The lowest BCUT2D eigenvalue weighted by Crippen LogP contribution is -2.41. The highest BCUT2D eigenvalue weighted by Crippen LogP contribution is 2.75. The molecular weight excluding hydrogens is 472 g/mol. The van der Waals surface area contributed by atoms with E-state index < -0.39 is 5.60 Å². The van der Waals surface area contributed by atoms with Crippen molar-refractivity contribution in [3.8, 4) is 0 Å². The summed E-state index contributed by atoms with van der Waals surface area (Å²) in [6.45, 7) is 11.0. The Balaban J connectivity index is 1.30. The molecule has 0 aromatic carbocycles. The van der Waals surface area contributed by atoms with Gasteiger partial charge in [0.15, 0.2) is 5.78 Å². The van der Waals surface area contributed by atoms with Crippen molar-refractivity contribution in [3.05, 3.63) is 23.3 Å². The van der Waals surface area contributed by atoms with Crippen LogP contribution in [0.5, 0.6) is 0 Å². The Labute approximate surface area is 232 Å². The number of fused-ring (bicyclic) bond motifs is 5. The Bertz CT molecular complexity index is 913. The Kier molecular flexibility index (Phi) is 9.64. The first kappa shape index (κ1) is 29.6. The van der Waals surface area contributed by atoms with E-state index >= 15 is 0 Å². The second-order valence-corrected chi connectivity index (χ2v) is 13.8. The molecule has 2 fully saturated rings. The number of aliphatic hydroxyl groups is 1. The molecule has 0 saturated heterocycles. The van der Waals surface area contributed by atoms with Crippen LogP contribution in [0.1, 0.15) is 125 Å². The van der Waals surface area contributed by atoms with Gasteiger partial charge in [-0.3, -0.25) is 9.59 Å². The third-order valence-electron chi connectivity index (χ3n) is 10.9. The maximum absolute atomic E-state index is 13.1. The highest BCUT2D eigenvalue weighted by molar-refractivity contribution is 5.99. The van der Waals surface area contributed by atoms with E-state index in [2.05, 4.69) is 39.8 Å². The fraction of sp³-hybridized carbons (Fsp3) is 0.824. The first-order valence-corrected chi connectivity index (χ1v) is 15.9. The van der Waals surface area contributed by atoms with Gasteiger partial charge in [0.25, 0.3) is 0 Å². The van der Waals surface area contributed by atoms with Crippen molar-refractivity contribution in [2.45, 2.75) is 130 Å². The summed E-state index contributed by atoms with van der Waals surface area (Å²) in [6, 6.07) is 0. The van der Waals surface area contributed by atoms with Crippen molar-refractivity contribution in [1.29, 1.82) is 0 Å². The summed E-state index contributed by atoms with van der Waals surface area (Å²) < 4.78 is 6.43. The number of aliphatic hydroxyl groups excluding tert-OH is 1. The van der Waals surface area contributed by atoms with Crippen LogP contribution in [0.4, 0.5) is 0 Å². The highest BCUT2D eigenvalue weighted by atomic mass is 16.6. The lowest BCUT2D eigenvalue weighted by molar-refractivity contribution is -0.158. The lowest BCUT2D eigenvalue weighted by Gasteiger charge is -2.41. The normalized spacial score (nSPS) is 34.9. The van der Waals surface area contributed by atoms with Gasteiger partial charge < -0.3 is 9.84 Å². The molecule has 0 bridgehead atoms. The Morgan fingerprint density at radius 1 is 0.974 bits per heavy atom. The Morgan fingerprint density at radius 2 is 1.58 bits per heavy atom. The molecule has 0 amide bonds. The van der Waals surface area contributed by atoms with Crippen LogP contribution in [0.15, 0.2) is 23.3 Å². The molecule has 2 saturated carbocycles. The summed E-state index contributed by atoms with van der Waals surface area (Å²) in [5.74, 6) is 1.60. The molecule has 4 rings (SSSR count). The van der Waals surface area contributed by atoms with Crippen molar-refractivity contribution >= 4 is 11.8 Å². The molecule has 4 aliphatic rings. The number of rotatable bonds is 14. The smallest absolute Gasteiger partial charge is 0.306 e. The number of allylic oxidation sites excluding steroid dienone is 3. The first-order chi connectivity index (χ1) is 18.2. The number of esters is 1. The van der Waals surface area contributed by atoms with Gasteiger partial charge in [-0.15, -0.1) is 0 Å². The minimum atomic E-state index is -0.416. The third-order valence-corrected chi connectivity index (χ3v) is 10.9. The van der Waals surface area contributed by atoms with E-state index in [-0.39, 0.29) is 47.4 Å². The second-order valence-electron chi connectivity index (χ2n) is 13.8. The molecule has 0 aromatic rings. The first-order valence-electron chi connectivity index (χ1n) is 15.9. The van der Waals surface area contributed by atoms with Gasteiger partial charge in [-0.2, -0.15) is 0 Å². The predicted octanol–water partition coefficient (Wildman–Crippen LogP) is 7.98. The Hall–Kier alpha value is -1.42. The van der Waals surface area contributed by atoms with Crippen LogP contribution < -0.4 is 0 Å². The monoisotopic (exact) mass is 526 g/mol. The minimum Gasteiger partial charge on any atom is -0.458 e.